The summed E-state index contributed by atoms with van der Waals surface area (Å²) in [5, 5.41) is 45.7. The third kappa shape index (κ3) is 5.69. The van der Waals surface area contributed by atoms with Crippen molar-refractivity contribution >= 4 is 23.6 Å². The van der Waals surface area contributed by atoms with Crippen molar-refractivity contribution in [2.75, 3.05) is 19.8 Å². The molecule has 15 heteroatoms. The number of hydrogen-bond donors (Lipinski definition) is 4. The molecule has 1 aromatic carbocycles. The van der Waals surface area contributed by atoms with Gasteiger partial charge in [0.1, 0.15) is 18.9 Å². The van der Waals surface area contributed by atoms with E-state index in [1.54, 1.807) is 19.1 Å². The van der Waals surface area contributed by atoms with Crippen LogP contribution in [-0.2, 0) is 30.4 Å². The fraction of sp³-hybridized carbons (Fsp3) is 0.562. The molecule has 3 fully saturated rings. The molecule has 1 aromatic rings. The Bertz CT molecular complexity index is 1530. The number of allylic oxidation sites excluding steroid dienone is 4. The van der Waals surface area contributed by atoms with E-state index in [4.69, 9.17) is 9.47 Å². The number of halogens is 1. The van der Waals surface area contributed by atoms with Gasteiger partial charge in [0.05, 0.1) is 12.2 Å². The highest BCUT2D eigenvalue weighted by Crippen LogP contribution is 2.69. The Balaban J connectivity index is 1.17. The van der Waals surface area contributed by atoms with E-state index in [1.807, 2.05) is 0 Å². The number of Topliss-reactive ketones (excluding diaryl/α,β-unsaturated/α-hetero) is 1. The molecule has 47 heavy (non-hydrogen) atoms. The zero-order valence-corrected chi connectivity index (χ0v) is 25.8. The van der Waals surface area contributed by atoms with Crippen LogP contribution < -0.4 is 10.1 Å². The van der Waals surface area contributed by atoms with Gasteiger partial charge in [-0.25, -0.2) is 9.18 Å². The Morgan fingerprint density at radius 2 is 1.83 bits per heavy atom. The van der Waals surface area contributed by atoms with E-state index in [0.717, 1.165) is 0 Å². The topological polar surface area (TPSA) is 212 Å². The lowest BCUT2D eigenvalue weighted by Crippen LogP contribution is -2.69. The molecule has 2 unspecified atom stereocenters. The standard InChI is InChI=1S/C32H37FN2O12/c1-29-11-9-20(36)13-19(29)5-8-22-23-14-24(37)32(42,30(23,2)15-25(38)31(22,29)33)26(39)17-45-27(40)16-34-28(41)47-21-6-3-18(4-7-21)10-12-46-35(43)44/h3-4,6-7,9,11,13,22-25,37-38,42H,5,8,10,12,14-17H2,1-2H3,(H,34,41)/t22?,23?,24-,25+,29+,30+,31+,32+/m1/s1. The van der Waals surface area contributed by atoms with E-state index in [2.05, 4.69) is 10.2 Å². The van der Waals surface area contributed by atoms with Crippen LogP contribution in [0.5, 0.6) is 5.75 Å². The summed E-state index contributed by atoms with van der Waals surface area (Å²) in [5.74, 6) is -3.80. The molecular weight excluding hydrogens is 623 g/mol. The number of alkyl halides is 1. The molecular formula is C32H37FN2O12. The molecule has 3 saturated carbocycles. The second kappa shape index (κ2) is 12.4. The molecule has 0 heterocycles. The number of rotatable bonds is 10. The number of hydrogen-bond acceptors (Lipinski definition) is 12. The number of ether oxygens (including phenoxy) is 2. The number of carbonyl (C=O) groups is 4. The Labute approximate surface area is 268 Å². The summed E-state index contributed by atoms with van der Waals surface area (Å²) < 4.78 is 27.3. The molecule has 4 aliphatic rings. The van der Waals surface area contributed by atoms with Crippen LogP contribution in [-0.4, -0.2) is 87.3 Å². The lowest BCUT2D eigenvalue weighted by Gasteiger charge is -2.62. The quantitative estimate of drug-likeness (QED) is 0.161. The normalized spacial score (nSPS) is 35.4. The molecule has 8 atom stereocenters. The first-order chi connectivity index (χ1) is 22.1. The largest absolute Gasteiger partial charge is 0.456 e. The first-order valence-corrected chi connectivity index (χ1v) is 15.3. The van der Waals surface area contributed by atoms with E-state index < -0.39 is 82.2 Å². The SMILES string of the molecule is C[C@]12C=CC(=O)C=C1CCC1C3C[C@@H](O)[C@](O)(C(=O)COC(=O)CNC(=O)Oc4ccc(CCO[N+](=O)[O-])cc4)[C@@]3(C)C[C@H](O)[C@@]12F. The van der Waals surface area contributed by atoms with Crippen molar-refractivity contribution in [2.24, 2.45) is 22.7 Å². The number of amides is 1. The summed E-state index contributed by atoms with van der Waals surface area (Å²) in [6.45, 7) is 1.36. The van der Waals surface area contributed by atoms with Crippen molar-refractivity contribution in [1.29, 1.82) is 0 Å². The molecule has 4 aliphatic carbocycles. The molecule has 0 radical (unpaired) electrons. The average molecular weight is 661 g/mol. The molecule has 14 nitrogen and oxygen atoms in total. The smallest absolute Gasteiger partial charge is 0.413 e. The van der Waals surface area contributed by atoms with Gasteiger partial charge >= 0.3 is 12.1 Å². The highest BCUT2D eigenvalue weighted by Gasteiger charge is 2.76. The number of carbonyl (C=O) groups excluding carboxylic acids is 4. The zero-order chi connectivity index (χ0) is 34.4. The first-order valence-electron chi connectivity index (χ1n) is 15.3. The molecule has 0 aromatic heterocycles. The summed E-state index contributed by atoms with van der Waals surface area (Å²) >= 11 is 0. The number of fused-ring (bicyclic) bond motifs is 5. The summed E-state index contributed by atoms with van der Waals surface area (Å²) in [6, 6.07) is 6.00. The van der Waals surface area contributed by atoms with Crippen LogP contribution in [0.3, 0.4) is 0 Å². The average Bonchev–Trinajstić information content (AvgIpc) is 3.22. The minimum Gasteiger partial charge on any atom is -0.456 e. The van der Waals surface area contributed by atoms with E-state index in [-0.39, 0.29) is 43.8 Å². The van der Waals surface area contributed by atoms with Crippen LogP contribution in [0.25, 0.3) is 0 Å². The fourth-order valence-corrected chi connectivity index (χ4v) is 8.29. The molecule has 254 valence electrons. The van der Waals surface area contributed by atoms with Crippen molar-refractivity contribution in [3.05, 3.63) is 63.7 Å². The van der Waals surface area contributed by atoms with Crippen molar-refractivity contribution in [1.82, 2.24) is 5.32 Å². The molecule has 5 rings (SSSR count). The van der Waals surface area contributed by atoms with Gasteiger partial charge in [0.2, 0.25) is 5.78 Å². The van der Waals surface area contributed by atoms with Crippen LogP contribution >= 0.6 is 0 Å². The van der Waals surface area contributed by atoms with Gasteiger partial charge in [0.15, 0.2) is 23.7 Å². The van der Waals surface area contributed by atoms with Gasteiger partial charge in [-0.15, -0.1) is 10.1 Å². The number of benzene rings is 1. The molecule has 0 bridgehead atoms. The van der Waals surface area contributed by atoms with Crippen molar-refractivity contribution in [3.8, 4) is 5.75 Å². The van der Waals surface area contributed by atoms with Gasteiger partial charge in [0.25, 0.3) is 5.09 Å². The van der Waals surface area contributed by atoms with Crippen LogP contribution in [0, 0.1) is 32.8 Å². The molecule has 4 N–H and O–H groups in total. The number of ketones is 2. The number of nitrogens with one attached hydrogen (secondary N) is 1. The molecule has 1 amide bonds. The maximum atomic E-state index is 17.2. The number of esters is 1. The van der Waals surface area contributed by atoms with Crippen molar-refractivity contribution < 1.29 is 58.3 Å². The summed E-state index contributed by atoms with van der Waals surface area (Å²) in [6.07, 6.45) is 0.193. The lowest BCUT2D eigenvalue weighted by molar-refractivity contribution is -0.757. The Kier molecular flexibility index (Phi) is 9.03. The molecule has 0 aliphatic heterocycles. The van der Waals surface area contributed by atoms with Crippen LogP contribution in [0.2, 0.25) is 0 Å². The molecule has 0 saturated heterocycles. The van der Waals surface area contributed by atoms with Gasteiger partial charge in [-0.1, -0.05) is 30.7 Å². The predicted octanol–water partition coefficient (Wildman–Crippen LogP) is 1.71. The minimum atomic E-state index is -2.47. The lowest BCUT2D eigenvalue weighted by atomic mass is 9.44. The maximum absolute atomic E-state index is 17.2. The molecule has 0 spiro atoms. The van der Waals surface area contributed by atoms with E-state index in [1.165, 1.54) is 37.3 Å². The number of aliphatic hydroxyl groups excluding tert-OH is 2. The summed E-state index contributed by atoms with van der Waals surface area (Å²) in [5.41, 5.74) is -6.20. The van der Waals surface area contributed by atoms with Crippen LogP contribution in [0.4, 0.5) is 9.18 Å². The first kappa shape index (κ1) is 34.1. The number of nitrogens with zero attached hydrogens (tertiary/aromatic N) is 1. The van der Waals surface area contributed by atoms with Crippen LogP contribution in [0.15, 0.2) is 48.1 Å². The Morgan fingerprint density at radius 3 is 2.51 bits per heavy atom. The Hall–Kier alpha value is -4.21. The van der Waals surface area contributed by atoms with E-state index >= 15 is 4.39 Å². The second-order valence-corrected chi connectivity index (χ2v) is 13.1. The van der Waals surface area contributed by atoms with Crippen LogP contribution in [0.1, 0.15) is 45.1 Å². The third-order valence-electron chi connectivity index (χ3n) is 10.7. The fourth-order valence-electron chi connectivity index (χ4n) is 8.29. The summed E-state index contributed by atoms with van der Waals surface area (Å²) in [7, 11) is 0. The highest BCUT2D eigenvalue weighted by atomic mass is 19.1. The van der Waals surface area contributed by atoms with Gasteiger partial charge in [-0.3, -0.25) is 14.4 Å². The van der Waals surface area contributed by atoms with Crippen molar-refractivity contribution in [2.45, 2.75) is 69.4 Å². The van der Waals surface area contributed by atoms with Gasteiger partial charge in [0, 0.05) is 16.7 Å². The third-order valence-corrected chi connectivity index (χ3v) is 10.7. The van der Waals surface area contributed by atoms with Gasteiger partial charge < -0.3 is 34.9 Å². The van der Waals surface area contributed by atoms with Gasteiger partial charge in [-0.05, 0) is 74.8 Å². The zero-order valence-electron chi connectivity index (χ0n) is 25.8. The Morgan fingerprint density at radius 1 is 1.13 bits per heavy atom. The predicted molar refractivity (Wildman–Crippen MR) is 158 cm³/mol. The summed E-state index contributed by atoms with van der Waals surface area (Å²) in [4.78, 5) is 64.4. The van der Waals surface area contributed by atoms with E-state index in [9.17, 15) is 44.6 Å². The van der Waals surface area contributed by atoms with E-state index in [0.29, 0.717) is 17.6 Å². The maximum Gasteiger partial charge on any atom is 0.413 e. The monoisotopic (exact) mass is 660 g/mol. The second-order valence-electron chi connectivity index (χ2n) is 13.1. The minimum absolute atomic E-state index is 0.115. The van der Waals surface area contributed by atoms with Crippen molar-refractivity contribution in [3.63, 3.8) is 0 Å². The number of aliphatic hydroxyl groups is 3. The van der Waals surface area contributed by atoms with Gasteiger partial charge in [-0.2, -0.15) is 0 Å². The highest BCUT2D eigenvalue weighted by molar-refractivity contribution is 6.01.